The monoisotopic (exact) mass is 828 g/mol. The Balaban J connectivity index is 1.33. The summed E-state index contributed by atoms with van der Waals surface area (Å²) in [4.78, 5) is 12.9. The molecule has 4 heterocycles. The van der Waals surface area contributed by atoms with E-state index in [0.717, 1.165) is 0 Å². The van der Waals surface area contributed by atoms with Gasteiger partial charge in [-0.1, -0.05) is 0 Å². The maximum absolute atomic E-state index is 12.9. The summed E-state index contributed by atoms with van der Waals surface area (Å²) in [5, 5.41) is 105. The maximum atomic E-state index is 12.9. The Morgan fingerprint density at radius 1 is 0.789 bits per heavy atom. The molecule has 0 aromatic heterocycles. The lowest BCUT2D eigenvalue weighted by atomic mass is 9.83. The number of nitrogens with two attached hydrogens (primary N) is 5. The van der Waals surface area contributed by atoms with E-state index in [9.17, 15) is 50.8 Å². The maximum Gasteiger partial charge on any atom is 0.251 e. The quantitative estimate of drug-likeness (QED) is 0.0687. The van der Waals surface area contributed by atoms with Crippen LogP contribution >= 0.6 is 0 Å². The van der Waals surface area contributed by atoms with Crippen molar-refractivity contribution in [1.29, 1.82) is 0 Å². The molecule has 5 aliphatic rings. The fourth-order valence-corrected chi connectivity index (χ4v) is 7.89. The van der Waals surface area contributed by atoms with Gasteiger partial charge < -0.3 is 119 Å². The van der Waals surface area contributed by atoms with Gasteiger partial charge >= 0.3 is 0 Å². The number of hydrogen-bond acceptors (Lipinski definition) is 23. The molecule has 22 N–H and O–H groups in total. The predicted molar refractivity (Wildman–Crippen MR) is 193 cm³/mol. The Hall–Kier alpha value is -1.41. The van der Waals surface area contributed by atoms with Crippen molar-refractivity contribution < 1.29 is 79.2 Å². The molecule has 24 nitrogen and oxygen atoms in total. The number of rotatable bonds is 16. The second kappa shape index (κ2) is 20.4. The van der Waals surface area contributed by atoms with Crippen LogP contribution in [0.2, 0.25) is 0 Å². The van der Waals surface area contributed by atoms with E-state index in [2.05, 4.69) is 16.0 Å². The zero-order valence-electron chi connectivity index (χ0n) is 31.6. The molecular formula is C33H64N8O16. The van der Waals surface area contributed by atoms with Crippen LogP contribution in [0.5, 0.6) is 0 Å². The predicted octanol–water partition coefficient (Wildman–Crippen LogP) is -10.3. The van der Waals surface area contributed by atoms with E-state index in [0.29, 0.717) is 25.9 Å². The summed E-state index contributed by atoms with van der Waals surface area (Å²) >= 11 is 0. The summed E-state index contributed by atoms with van der Waals surface area (Å²) in [6, 6.07) is -4.51. The van der Waals surface area contributed by atoms with E-state index in [1.807, 2.05) is 0 Å². The van der Waals surface area contributed by atoms with Crippen LogP contribution in [-0.2, 0) is 33.2 Å². The van der Waals surface area contributed by atoms with E-state index < -0.39 is 147 Å². The molecule has 0 aromatic rings. The minimum Gasteiger partial charge on any atom is -0.394 e. The average Bonchev–Trinajstić information content (AvgIpc) is 3.48. The number of ether oxygens (including phenoxy) is 6. The number of nitrogens with one attached hydrogen (secondary N) is 3. The van der Waals surface area contributed by atoms with Crippen molar-refractivity contribution in [1.82, 2.24) is 16.0 Å². The fraction of sp³-hybridized carbons (Fsp3) is 0.970. The number of piperidine rings is 1. The molecule has 332 valence electrons. The summed E-state index contributed by atoms with van der Waals surface area (Å²) in [7, 11) is 0. The van der Waals surface area contributed by atoms with Crippen LogP contribution in [0, 0.1) is 0 Å². The third-order valence-electron chi connectivity index (χ3n) is 11.5. The highest BCUT2D eigenvalue weighted by Crippen LogP contribution is 2.35. The smallest absolute Gasteiger partial charge is 0.251 e. The molecule has 0 spiro atoms. The van der Waals surface area contributed by atoms with Crippen LogP contribution in [0.15, 0.2) is 0 Å². The Bertz CT molecular complexity index is 1260. The number of amides is 1. The molecule has 57 heavy (non-hydrogen) atoms. The highest BCUT2D eigenvalue weighted by atomic mass is 16.8. The first-order valence-electron chi connectivity index (χ1n) is 19.4. The molecule has 1 aliphatic carbocycles. The van der Waals surface area contributed by atoms with E-state index >= 15 is 0 Å². The van der Waals surface area contributed by atoms with Crippen molar-refractivity contribution in [3.05, 3.63) is 0 Å². The van der Waals surface area contributed by atoms with Gasteiger partial charge in [0.05, 0.1) is 42.5 Å². The lowest BCUT2D eigenvalue weighted by molar-refractivity contribution is -0.297. The molecular weight excluding hydrogens is 764 g/mol. The van der Waals surface area contributed by atoms with E-state index in [-0.39, 0.29) is 32.5 Å². The number of aliphatic hydroxyl groups excluding tert-OH is 8. The van der Waals surface area contributed by atoms with Gasteiger partial charge in [0.1, 0.15) is 61.0 Å². The van der Waals surface area contributed by atoms with Crippen molar-refractivity contribution in [2.24, 2.45) is 28.7 Å². The standard InChI is InChI=1S/C33H64N8O16/c34-7-16(44)22(46)29(50)41-14-5-12(36)26(55-30-13(37)6-15(43)18(53-30)9-40-11-33(51)1-3-39-4-2-33)28(21(14)45)57-32-25(49)27(19(10-42)54-32)56-31-20(38)24(48)23(47)17(8-35)52-31/h12-28,30-32,39-40,42-49,51H,1-11,34-38H2,(H,41,50)/t12-,13+,14+,15-,16+,17-,18+,19+,20+,21-,22?,23+,24+,25+,26+,27+,28+,30+,31+,32-/m0/s1. The van der Waals surface area contributed by atoms with Gasteiger partial charge in [-0.15, -0.1) is 0 Å². The molecule has 24 heteroatoms. The van der Waals surface area contributed by atoms with Crippen LogP contribution in [-0.4, -0.2) is 226 Å². The van der Waals surface area contributed by atoms with Crippen LogP contribution < -0.4 is 44.6 Å². The van der Waals surface area contributed by atoms with Gasteiger partial charge in [-0.3, -0.25) is 4.79 Å². The van der Waals surface area contributed by atoms with E-state index in [1.54, 1.807) is 0 Å². The molecule has 4 saturated heterocycles. The third-order valence-corrected chi connectivity index (χ3v) is 11.5. The first-order chi connectivity index (χ1) is 27.0. The average molecular weight is 829 g/mol. The summed E-state index contributed by atoms with van der Waals surface area (Å²) < 4.78 is 35.9. The van der Waals surface area contributed by atoms with Crippen LogP contribution in [0.1, 0.15) is 25.7 Å². The minimum absolute atomic E-state index is 0.0328. The Morgan fingerprint density at radius 2 is 1.42 bits per heavy atom. The molecule has 0 radical (unpaired) electrons. The molecule has 5 fully saturated rings. The van der Waals surface area contributed by atoms with Gasteiger partial charge in [-0.25, -0.2) is 0 Å². The minimum atomic E-state index is -1.96. The van der Waals surface area contributed by atoms with Gasteiger partial charge in [0, 0.05) is 32.2 Å². The lowest BCUT2D eigenvalue weighted by Crippen LogP contribution is -2.68. The highest BCUT2D eigenvalue weighted by molar-refractivity contribution is 5.81. The summed E-state index contributed by atoms with van der Waals surface area (Å²) in [6.45, 7) is 0.313. The summed E-state index contributed by atoms with van der Waals surface area (Å²) in [5.74, 6) is -1.07. The SMILES string of the molecule is NC[C@@H](O)C(O)C(=O)N[C@@H]1C[C@H](N)[C@@H](O[C@H]2O[C@H](CNCC3(O)CCNCC3)[C@@H](O)C[C@H]2N)[C@H](O[C@@H]2O[C@H](CO)[C@@H](O[C@H]3O[C@@H](CN)[C@@H](O)[C@H](O)[C@H]3N)[C@H]2O)[C@H]1O. The molecule has 4 aliphatic heterocycles. The van der Waals surface area contributed by atoms with Gasteiger partial charge in [-0.2, -0.15) is 0 Å². The first kappa shape index (κ1) is 46.7. The van der Waals surface area contributed by atoms with Crippen LogP contribution in [0.4, 0.5) is 0 Å². The summed E-state index contributed by atoms with van der Waals surface area (Å²) in [6.07, 6.45) is -21.8. The third kappa shape index (κ3) is 10.9. The molecule has 0 aromatic carbocycles. The normalized spacial score (nSPS) is 45.0. The Kier molecular flexibility index (Phi) is 16.7. The number of aliphatic hydroxyl groups is 9. The van der Waals surface area contributed by atoms with Crippen LogP contribution in [0.3, 0.4) is 0 Å². The van der Waals surface area contributed by atoms with Gasteiger partial charge in [0.2, 0.25) is 0 Å². The summed E-state index contributed by atoms with van der Waals surface area (Å²) in [5.41, 5.74) is 29.1. The molecule has 1 amide bonds. The zero-order chi connectivity index (χ0) is 41.8. The van der Waals surface area contributed by atoms with Crippen LogP contribution in [0.25, 0.3) is 0 Å². The van der Waals surface area contributed by atoms with Gasteiger partial charge in [0.15, 0.2) is 25.0 Å². The van der Waals surface area contributed by atoms with E-state index in [1.165, 1.54) is 0 Å². The molecule has 5 rings (SSSR count). The van der Waals surface area contributed by atoms with Crippen molar-refractivity contribution in [3.63, 3.8) is 0 Å². The Labute approximate surface area is 329 Å². The van der Waals surface area contributed by atoms with Crippen molar-refractivity contribution >= 4 is 5.91 Å². The molecule has 20 atom stereocenters. The van der Waals surface area contributed by atoms with E-state index in [4.69, 9.17) is 57.1 Å². The second-order valence-electron chi connectivity index (χ2n) is 15.7. The largest absolute Gasteiger partial charge is 0.394 e. The van der Waals surface area contributed by atoms with Crippen molar-refractivity contribution in [3.8, 4) is 0 Å². The van der Waals surface area contributed by atoms with Crippen molar-refractivity contribution in [2.75, 3.05) is 45.9 Å². The molecule has 0 bridgehead atoms. The first-order valence-corrected chi connectivity index (χ1v) is 19.4. The zero-order valence-corrected chi connectivity index (χ0v) is 31.6. The number of carbonyl (C=O) groups excluding carboxylic acids is 1. The topological polar surface area (TPSA) is 421 Å². The Morgan fingerprint density at radius 3 is 2.07 bits per heavy atom. The second-order valence-corrected chi connectivity index (χ2v) is 15.7. The number of hydrogen-bond donors (Lipinski definition) is 17. The molecule has 1 saturated carbocycles. The van der Waals surface area contributed by atoms with Gasteiger partial charge in [-0.05, 0) is 38.8 Å². The number of carbonyl (C=O) groups is 1. The highest BCUT2D eigenvalue weighted by Gasteiger charge is 2.54. The van der Waals surface area contributed by atoms with Gasteiger partial charge in [0.25, 0.3) is 5.91 Å². The fourth-order valence-electron chi connectivity index (χ4n) is 7.89. The van der Waals surface area contributed by atoms with Crippen molar-refractivity contribution in [2.45, 2.75) is 154 Å². The molecule has 1 unspecified atom stereocenters. The lowest BCUT2D eigenvalue weighted by Gasteiger charge is -2.47.